The van der Waals surface area contributed by atoms with Crippen molar-refractivity contribution < 1.29 is 4.79 Å². The van der Waals surface area contributed by atoms with E-state index >= 15 is 0 Å². The fourth-order valence-electron chi connectivity index (χ4n) is 4.53. The average Bonchev–Trinajstić information content (AvgIpc) is 3.13. The minimum Gasteiger partial charge on any atom is -0.325 e. The van der Waals surface area contributed by atoms with Crippen molar-refractivity contribution in [2.45, 2.75) is 24.9 Å². The molecule has 0 N–H and O–H groups in total. The standard InChI is InChI=1S/C25H21NO/c27-25-22(18-9-3-1-4-10-18)17-20-13-7-8-14-21(20)24-16-15-23(26(24)25)19-11-5-2-6-12-19/h1-14,17,23-24H,15-16H2/t23-,24-/m1/s1. The van der Waals surface area contributed by atoms with Crippen molar-refractivity contribution in [1.29, 1.82) is 0 Å². The fraction of sp³-hybridized carbons (Fsp3) is 0.160. The molecule has 2 heteroatoms. The normalized spacial score (nSPS) is 21.3. The Morgan fingerprint density at radius 3 is 2.11 bits per heavy atom. The molecule has 0 spiro atoms. The van der Waals surface area contributed by atoms with E-state index in [9.17, 15) is 4.79 Å². The molecule has 0 bridgehead atoms. The molecule has 0 aliphatic carbocycles. The van der Waals surface area contributed by atoms with Crippen LogP contribution in [0.1, 0.15) is 47.2 Å². The van der Waals surface area contributed by atoms with Crippen LogP contribution < -0.4 is 0 Å². The zero-order valence-electron chi connectivity index (χ0n) is 15.1. The van der Waals surface area contributed by atoms with E-state index in [0.29, 0.717) is 0 Å². The van der Waals surface area contributed by atoms with E-state index in [-0.39, 0.29) is 18.0 Å². The minimum absolute atomic E-state index is 0.127. The number of rotatable bonds is 2. The highest BCUT2D eigenvalue weighted by molar-refractivity contribution is 6.25. The second-order valence-electron chi connectivity index (χ2n) is 7.29. The highest BCUT2D eigenvalue weighted by Crippen LogP contribution is 2.48. The van der Waals surface area contributed by atoms with Crippen LogP contribution in [-0.4, -0.2) is 10.8 Å². The summed E-state index contributed by atoms with van der Waals surface area (Å²) in [5.41, 5.74) is 5.41. The summed E-state index contributed by atoms with van der Waals surface area (Å²) in [6.07, 6.45) is 4.07. The monoisotopic (exact) mass is 351 g/mol. The number of fused-ring (bicyclic) bond motifs is 3. The van der Waals surface area contributed by atoms with Crippen molar-refractivity contribution in [3.63, 3.8) is 0 Å². The number of carbonyl (C=O) groups excluding carboxylic acids is 1. The zero-order valence-corrected chi connectivity index (χ0v) is 15.1. The highest BCUT2D eigenvalue weighted by atomic mass is 16.2. The molecule has 0 radical (unpaired) electrons. The van der Waals surface area contributed by atoms with Crippen molar-refractivity contribution in [1.82, 2.24) is 4.90 Å². The van der Waals surface area contributed by atoms with Crippen LogP contribution in [-0.2, 0) is 4.79 Å². The molecule has 2 aliphatic heterocycles. The Morgan fingerprint density at radius 1 is 0.704 bits per heavy atom. The van der Waals surface area contributed by atoms with E-state index in [2.05, 4.69) is 59.5 Å². The van der Waals surface area contributed by atoms with Crippen LogP contribution in [0.3, 0.4) is 0 Å². The van der Waals surface area contributed by atoms with Gasteiger partial charge in [-0.05, 0) is 41.2 Å². The molecule has 0 aromatic heterocycles. The van der Waals surface area contributed by atoms with Gasteiger partial charge in [0.25, 0.3) is 5.91 Å². The fourth-order valence-corrected chi connectivity index (χ4v) is 4.53. The molecule has 27 heavy (non-hydrogen) atoms. The van der Waals surface area contributed by atoms with Crippen LogP contribution in [0.5, 0.6) is 0 Å². The molecule has 2 atom stereocenters. The molecule has 3 aromatic carbocycles. The molecule has 1 fully saturated rings. The molecule has 1 amide bonds. The van der Waals surface area contributed by atoms with E-state index < -0.39 is 0 Å². The number of benzene rings is 3. The summed E-state index contributed by atoms with van der Waals surface area (Å²) < 4.78 is 0. The Kier molecular flexibility index (Phi) is 3.90. The van der Waals surface area contributed by atoms with Crippen molar-refractivity contribution >= 4 is 17.6 Å². The Bertz CT molecular complexity index is 1010. The van der Waals surface area contributed by atoms with E-state index in [1.807, 2.05) is 36.4 Å². The maximum absolute atomic E-state index is 13.7. The Morgan fingerprint density at radius 2 is 1.33 bits per heavy atom. The van der Waals surface area contributed by atoms with Crippen LogP contribution in [0, 0.1) is 0 Å². The molecule has 0 unspecified atom stereocenters. The van der Waals surface area contributed by atoms with Gasteiger partial charge >= 0.3 is 0 Å². The van der Waals surface area contributed by atoms with Gasteiger partial charge < -0.3 is 4.90 Å². The van der Waals surface area contributed by atoms with Crippen molar-refractivity contribution in [3.8, 4) is 0 Å². The van der Waals surface area contributed by atoms with E-state index in [1.54, 1.807) is 0 Å². The van der Waals surface area contributed by atoms with Gasteiger partial charge in [0.1, 0.15) is 0 Å². The molecule has 2 heterocycles. The molecule has 0 saturated carbocycles. The van der Waals surface area contributed by atoms with Crippen molar-refractivity contribution in [2.24, 2.45) is 0 Å². The van der Waals surface area contributed by atoms with E-state index in [1.165, 1.54) is 11.1 Å². The predicted molar refractivity (Wildman–Crippen MR) is 109 cm³/mol. The van der Waals surface area contributed by atoms with Crippen LogP contribution in [0.2, 0.25) is 0 Å². The minimum atomic E-state index is 0.127. The third kappa shape index (κ3) is 2.69. The van der Waals surface area contributed by atoms with Gasteiger partial charge in [-0.1, -0.05) is 84.9 Å². The summed E-state index contributed by atoms with van der Waals surface area (Å²) in [5, 5.41) is 0. The predicted octanol–water partition coefficient (Wildman–Crippen LogP) is 5.65. The first-order chi connectivity index (χ1) is 13.3. The van der Waals surface area contributed by atoms with Crippen LogP contribution in [0.4, 0.5) is 0 Å². The van der Waals surface area contributed by atoms with E-state index in [0.717, 1.165) is 29.5 Å². The van der Waals surface area contributed by atoms with Gasteiger partial charge in [0, 0.05) is 5.57 Å². The van der Waals surface area contributed by atoms with Gasteiger partial charge in [-0.25, -0.2) is 0 Å². The maximum Gasteiger partial charge on any atom is 0.255 e. The Labute approximate surface area is 159 Å². The summed E-state index contributed by atoms with van der Waals surface area (Å²) in [6, 6.07) is 29.2. The van der Waals surface area contributed by atoms with Crippen LogP contribution in [0.15, 0.2) is 84.9 Å². The third-order valence-corrected chi connectivity index (χ3v) is 5.77. The van der Waals surface area contributed by atoms with Crippen LogP contribution >= 0.6 is 0 Å². The smallest absolute Gasteiger partial charge is 0.255 e. The van der Waals surface area contributed by atoms with Gasteiger partial charge in [0.2, 0.25) is 0 Å². The molecular formula is C25H21NO. The molecule has 3 aromatic rings. The molecular weight excluding hydrogens is 330 g/mol. The number of amides is 1. The zero-order chi connectivity index (χ0) is 18.2. The number of carbonyl (C=O) groups is 1. The average molecular weight is 351 g/mol. The number of nitrogens with zero attached hydrogens (tertiary/aromatic N) is 1. The topological polar surface area (TPSA) is 20.3 Å². The third-order valence-electron chi connectivity index (χ3n) is 5.77. The van der Waals surface area contributed by atoms with Gasteiger partial charge in [-0.2, -0.15) is 0 Å². The van der Waals surface area contributed by atoms with Crippen LogP contribution in [0.25, 0.3) is 11.6 Å². The second-order valence-corrected chi connectivity index (χ2v) is 7.29. The summed E-state index contributed by atoms with van der Waals surface area (Å²) in [7, 11) is 0. The summed E-state index contributed by atoms with van der Waals surface area (Å²) in [5.74, 6) is 0.133. The molecule has 132 valence electrons. The summed E-state index contributed by atoms with van der Waals surface area (Å²) in [6.45, 7) is 0. The Hall–Kier alpha value is -3.13. The first-order valence-electron chi connectivity index (χ1n) is 9.56. The first kappa shape index (κ1) is 16.1. The quantitative estimate of drug-likeness (QED) is 0.584. The SMILES string of the molecule is O=C1C(c2ccccc2)=Cc2ccccc2[C@H]2CC[C@H](c3ccccc3)N12. The second kappa shape index (κ2) is 6.55. The molecule has 2 nitrogen and oxygen atoms in total. The largest absolute Gasteiger partial charge is 0.325 e. The van der Waals surface area contributed by atoms with Gasteiger partial charge in [-0.15, -0.1) is 0 Å². The Balaban J connectivity index is 1.68. The number of hydrogen-bond donors (Lipinski definition) is 0. The highest BCUT2D eigenvalue weighted by Gasteiger charge is 2.41. The molecule has 1 saturated heterocycles. The molecule has 2 aliphatic rings. The summed E-state index contributed by atoms with van der Waals surface area (Å²) >= 11 is 0. The lowest BCUT2D eigenvalue weighted by molar-refractivity contribution is -0.128. The van der Waals surface area contributed by atoms with Gasteiger partial charge in [-0.3, -0.25) is 4.79 Å². The van der Waals surface area contributed by atoms with Crippen molar-refractivity contribution in [2.75, 3.05) is 0 Å². The lowest BCUT2D eigenvalue weighted by atomic mass is 9.97. The lowest BCUT2D eigenvalue weighted by Crippen LogP contribution is -2.32. The van der Waals surface area contributed by atoms with E-state index in [4.69, 9.17) is 0 Å². The van der Waals surface area contributed by atoms with Gasteiger partial charge in [0.15, 0.2) is 0 Å². The molecule has 5 rings (SSSR count). The summed E-state index contributed by atoms with van der Waals surface area (Å²) in [4.78, 5) is 15.9. The van der Waals surface area contributed by atoms with Gasteiger partial charge in [0.05, 0.1) is 12.1 Å². The lowest BCUT2D eigenvalue weighted by Gasteiger charge is -2.31. The number of hydrogen-bond acceptors (Lipinski definition) is 1. The maximum atomic E-state index is 13.7. The first-order valence-corrected chi connectivity index (χ1v) is 9.56. The van der Waals surface area contributed by atoms with Crippen molar-refractivity contribution in [3.05, 3.63) is 107 Å².